The van der Waals surface area contributed by atoms with Gasteiger partial charge < -0.3 is 9.88 Å². The Kier molecular flexibility index (Phi) is 4.98. The Morgan fingerprint density at radius 1 is 1.22 bits per heavy atom. The van der Waals surface area contributed by atoms with Crippen molar-refractivity contribution in [2.24, 2.45) is 7.05 Å². The van der Waals surface area contributed by atoms with Crippen LogP contribution in [0.3, 0.4) is 0 Å². The summed E-state index contributed by atoms with van der Waals surface area (Å²) in [5.74, 6) is 0.386. The monoisotopic (exact) mass is 440 g/mol. The zero-order valence-electron chi connectivity index (χ0n) is 14.7. The summed E-state index contributed by atoms with van der Waals surface area (Å²) in [6.45, 7) is 3.47. The van der Waals surface area contributed by atoms with Crippen molar-refractivity contribution in [3.8, 4) is 0 Å². The molecule has 2 heterocycles. The molecule has 2 aromatic heterocycles. The minimum absolute atomic E-state index is 0.213. The van der Waals surface area contributed by atoms with Crippen molar-refractivity contribution in [1.29, 1.82) is 0 Å². The summed E-state index contributed by atoms with van der Waals surface area (Å²) >= 11 is 3.23. The first-order valence-electron chi connectivity index (χ1n) is 8.06. The van der Waals surface area contributed by atoms with Gasteiger partial charge in [0, 0.05) is 12.4 Å². The number of hydrogen-bond donors (Lipinski definition) is 1. The van der Waals surface area contributed by atoms with Crippen LogP contribution in [0.2, 0.25) is 0 Å². The lowest BCUT2D eigenvalue weighted by atomic mass is 10.0. The molecule has 0 saturated heterocycles. The SMILES string of the molecule is Cc1nnc(NC(C)c2cccc(C(F)(F)F)c2)c2cc(Br)c(=O)n(C)c12. The lowest BCUT2D eigenvalue weighted by Gasteiger charge is -2.18. The van der Waals surface area contributed by atoms with Crippen LogP contribution in [0, 0.1) is 6.92 Å². The molecule has 3 rings (SSSR count). The Hall–Kier alpha value is -2.42. The highest BCUT2D eigenvalue weighted by Gasteiger charge is 2.30. The fourth-order valence-electron chi connectivity index (χ4n) is 2.92. The topological polar surface area (TPSA) is 59.8 Å². The number of benzene rings is 1. The smallest absolute Gasteiger partial charge is 0.361 e. The van der Waals surface area contributed by atoms with E-state index in [9.17, 15) is 18.0 Å². The van der Waals surface area contributed by atoms with E-state index in [4.69, 9.17) is 0 Å². The van der Waals surface area contributed by atoms with Crippen molar-refractivity contribution in [3.05, 3.63) is 62.0 Å². The van der Waals surface area contributed by atoms with E-state index in [1.54, 1.807) is 33.0 Å². The summed E-state index contributed by atoms with van der Waals surface area (Å²) in [4.78, 5) is 12.2. The summed E-state index contributed by atoms with van der Waals surface area (Å²) in [7, 11) is 1.63. The molecular weight excluding hydrogens is 425 g/mol. The van der Waals surface area contributed by atoms with Gasteiger partial charge in [-0.15, -0.1) is 5.10 Å². The number of aromatic nitrogens is 3. The van der Waals surface area contributed by atoms with Crippen LogP contribution in [-0.2, 0) is 13.2 Å². The average Bonchev–Trinajstić information content (AvgIpc) is 2.61. The maximum absolute atomic E-state index is 13.0. The predicted molar refractivity (Wildman–Crippen MR) is 101 cm³/mol. The lowest BCUT2D eigenvalue weighted by molar-refractivity contribution is -0.137. The summed E-state index contributed by atoms with van der Waals surface area (Å²) in [6.07, 6.45) is -4.41. The third-order valence-electron chi connectivity index (χ3n) is 4.34. The molecule has 0 saturated carbocycles. The number of aryl methyl sites for hydroxylation is 2. The van der Waals surface area contributed by atoms with E-state index in [-0.39, 0.29) is 5.56 Å². The van der Waals surface area contributed by atoms with E-state index in [1.165, 1.54) is 10.6 Å². The van der Waals surface area contributed by atoms with Crippen molar-refractivity contribution in [2.45, 2.75) is 26.1 Å². The summed E-state index contributed by atoms with van der Waals surface area (Å²) in [6, 6.07) is 6.30. The van der Waals surface area contributed by atoms with Gasteiger partial charge in [-0.2, -0.15) is 18.3 Å². The number of pyridine rings is 1. The van der Waals surface area contributed by atoms with E-state index in [0.29, 0.717) is 32.5 Å². The summed E-state index contributed by atoms with van der Waals surface area (Å²) in [5, 5.41) is 12.0. The summed E-state index contributed by atoms with van der Waals surface area (Å²) < 4.78 is 40.7. The molecule has 0 fully saturated rings. The van der Waals surface area contributed by atoms with Gasteiger partial charge in [0.15, 0.2) is 5.82 Å². The first kappa shape index (κ1) is 19.3. The molecule has 5 nitrogen and oxygen atoms in total. The van der Waals surface area contributed by atoms with Crippen LogP contribution in [0.4, 0.5) is 19.0 Å². The number of anilines is 1. The van der Waals surface area contributed by atoms with Gasteiger partial charge in [-0.3, -0.25) is 4.79 Å². The standard InChI is InChI=1S/C18H16BrF3N4O/c1-9(11-5-4-6-12(7-11)18(20,21)22)23-16-13-8-14(19)17(27)26(3)15(13)10(2)24-25-16/h4-9H,1-3H3,(H,23,25). The molecule has 0 amide bonds. The lowest BCUT2D eigenvalue weighted by Crippen LogP contribution is -2.20. The third kappa shape index (κ3) is 3.69. The van der Waals surface area contributed by atoms with Crippen LogP contribution in [0.5, 0.6) is 0 Å². The van der Waals surface area contributed by atoms with Gasteiger partial charge in [0.25, 0.3) is 5.56 Å². The normalized spacial score (nSPS) is 13.0. The Labute approximate surface area is 161 Å². The second-order valence-electron chi connectivity index (χ2n) is 6.24. The molecule has 9 heteroatoms. The van der Waals surface area contributed by atoms with Crippen molar-refractivity contribution in [2.75, 3.05) is 5.32 Å². The van der Waals surface area contributed by atoms with Gasteiger partial charge in [-0.25, -0.2) is 0 Å². The molecule has 0 aliphatic rings. The first-order valence-corrected chi connectivity index (χ1v) is 8.85. The minimum Gasteiger partial charge on any atom is -0.361 e. The molecule has 1 unspecified atom stereocenters. The number of nitrogens with zero attached hydrogens (tertiary/aromatic N) is 3. The largest absolute Gasteiger partial charge is 0.416 e. The fourth-order valence-corrected chi connectivity index (χ4v) is 3.42. The van der Waals surface area contributed by atoms with Gasteiger partial charge in [0.05, 0.1) is 27.3 Å². The molecule has 1 aromatic carbocycles. The maximum atomic E-state index is 13.0. The number of rotatable bonds is 3. The second kappa shape index (κ2) is 6.95. The molecule has 0 spiro atoms. The van der Waals surface area contributed by atoms with Crippen LogP contribution in [0.25, 0.3) is 10.9 Å². The van der Waals surface area contributed by atoms with E-state index >= 15 is 0 Å². The van der Waals surface area contributed by atoms with Gasteiger partial charge in [-0.1, -0.05) is 12.1 Å². The molecule has 0 aliphatic heterocycles. The van der Waals surface area contributed by atoms with E-state index in [0.717, 1.165) is 12.1 Å². The van der Waals surface area contributed by atoms with Crippen LogP contribution < -0.4 is 10.9 Å². The van der Waals surface area contributed by atoms with Gasteiger partial charge in [-0.05, 0) is 53.5 Å². The fraction of sp³-hybridized carbons (Fsp3) is 0.278. The average molecular weight is 441 g/mol. The zero-order valence-corrected chi connectivity index (χ0v) is 16.3. The highest BCUT2D eigenvalue weighted by molar-refractivity contribution is 9.10. The molecule has 0 aliphatic carbocycles. The number of fused-ring (bicyclic) bond motifs is 1. The quantitative estimate of drug-likeness (QED) is 0.646. The highest BCUT2D eigenvalue weighted by atomic mass is 79.9. The molecule has 142 valence electrons. The van der Waals surface area contributed by atoms with Gasteiger partial charge in [0.1, 0.15) is 0 Å². The highest BCUT2D eigenvalue weighted by Crippen LogP contribution is 2.32. The molecular formula is C18H16BrF3N4O. The molecule has 1 atom stereocenters. The molecule has 0 radical (unpaired) electrons. The zero-order chi connectivity index (χ0) is 19.9. The summed E-state index contributed by atoms with van der Waals surface area (Å²) in [5.41, 5.74) is 0.727. The number of nitrogens with one attached hydrogen (secondary N) is 1. The van der Waals surface area contributed by atoms with Crippen LogP contribution in [-0.4, -0.2) is 14.8 Å². The predicted octanol–water partition coefficient (Wildman–Crippen LogP) is 4.59. The maximum Gasteiger partial charge on any atom is 0.416 e. The first-order chi connectivity index (χ1) is 12.6. The van der Waals surface area contributed by atoms with Gasteiger partial charge in [0.2, 0.25) is 0 Å². The van der Waals surface area contributed by atoms with Crippen LogP contribution in [0.15, 0.2) is 39.6 Å². The third-order valence-corrected chi connectivity index (χ3v) is 4.90. The van der Waals surface area contributed by atoms with Crippen molar-refractivity contribution in [3.63, 3.8) is 0 Å². The molecule has 3 aromatic rings. The van der Waals surface area contributed by atoms with Crippen molar-refractivity contribution >= 4 is 32.7 Å². The molecule has 1 N–H and O–H groups in total. The minimum atomic E-state index is -4.41. The number of hydrogen-bond acceptors (Lipinski definition) is 4. The van der Waals surface area contributed by atoms with E-state index in [1.807, 2.05) is 0 Å². The van der Waals surface area contributed by atoms with E-state index in [2.05, 4.69) is 31.4 Å². The van der Waals surface area contributed by atoms with E-state index < -0.39 is 17.8 Å². The second-order valence-corrected chi connectivity index (χ2v) is 7.10. The Morgan fingerprint density at radius 3 is 2.59 bits per heavy atom. The van der Waals surface area contributed by atoms with Crippen LogP contribution in [0.1, 0.15) is 29.8 Å². The van der Waals surface area contributed by atoms with Crippen molar-refractivity contribution in [1.82, 2.24) is 14.8 Å². The Bertz CT molecular complexity index is 1080. The Balaban J connectivity index is 2.05. The number of halogens is 4. The van der Waals surface area contributed by atoms with Crippen LogP contribution >= 0.6 is 15.9 Å². The Morgan fingerprint density at radius 2 is 1.93 bits per heavy atom. The number of alkyl halides is 3. The van der Waals surface area contributed by atoms with Gasteiger partial charge >= 0.3 is 6.18 Å². The molecule has 27 heavy (non-hydrogen) atoms. The van der Waals surface area contributed by atoms with Crippen molar-refractivity contribution < 1.29 is 13.2 Å². The molecule has 0 bridgehead atoms.